The van der Waals surface area contributed by atoms with Crippen molar-refractivity contribution in [2.45, 2.75) is 32.4 Å². The van der Waals surface area contributed by atoms with Gasteiger partial charge in [-0.15, -0.1) is 0 Å². The highest BCUT2D eigenvalue weighted by atomic mass is 16.1. The lowest BCUT2D eigenvalue weighted by Crippen LogP contribution is -2.35. The molecule has 1 saturated heterocycles. The molecule has 1 heterocycles. The summed E-state index contributed by atoms with van der Waals surface area (Å²) < 4.78 is 0. The maximum absolute atomic E-state index is 11.1. The van der Waals surface area contributed by atoms with Gasteiger partial charge in [-0.05, 0) is 25.0 Å². The fourth-order valence-corrected chi connectivity index (χ4v) is 2.54. The molecule has 1 aliphatic heterocycles. The second kappa shape index (κ2) is 5.40. The molecule has 1 unspecified atom stereocenters. The molecule has 1 amide bonds. The van der Waals surface area contributed by atoms with Crippen LogP contribution in [0.4, 0.5) is 5.69 Å². The van der Waals surface area contributed by atoms with Crippen LogP contribution in [0.5, 0.6) is 0 Å². The second-order valence-corrected chi connectivity index (χ2v) is 4.98. The van der Waals surface area contributed by atoms with E-state index in [1.807, 2.05) is 19.1 Å². The van der Waals surface area contributed by atoms with Crippen LogP contribution in [-0.2, 0) is 4.79 Å². The summed E-state index contributed by atoms with van der Waals surface area (Å²) in [6.07, 6.45) is 0.993. The van der Waals surface area contributed by atoms with Gasteiger partial charge < -0.3 is 16.0 Å². The van der Waals surface area contributed by atoms with Gasteiger partial charge >= 0.3 is 0 Å². The van der Waals surface area contributed by atoms with Gasteiger partial charge in [-0.2, -0.15) is 0 Å². The van der Waals surface area contributed by atoms with Crippen molar-refractivity contribution in [2.24, 2.45) is 5.73 Å². The lowest BCUT2D eigenvalue weighted by atomic mass is 10.1. The van der Waals surface area contributed by atoms with Crippen molar-refractivity contribution in [3.63, 3.8) is 0 Å². The molecular formula is C14H21N3O. The Hall–Kier alpha value is -1.55. The fraction of sp³-hybridized carbons (Fsp3) is 0.500. The van der Waals surface area contributed by atoms with Gasteiger partial charge in [0.15, 0.2) is 0 Å². The zero-order chi connectivity index (χ0) is 13.1. The third-order valence-electron chi connectivity index (χ3n) is 3.36. The molecule has 0 saturated carbocycles. The number of rotatable bonds is 3. The number of amides is 1. The van der Waals surface area contributed by atoms with Gasteiger partial charge in [-0.25, -0.2) is 0 Å². The molecule has 2 rings (SSSR count). The number of anilines is 1. The molecule has 1 aromatic carbocycles. The van der Waals surface area contributed by atoms with Gasteiger partial charge in [0.05, 0.1) is 0 Å². The molecule has 0 bridgehead atoms. The summed E-state index contributed by atoms with van der Waals surface area (Å²) in [4.78, 5) is 13.4. The number of nitrogens with two attached hydrogens (primary N) is 1. The first-order valence-corrected chi connectivity index (χ1v) is 6.44. The highest BCUT2D eigenvalue weighted by Crippen LogP contribution is 2.27. The van der Waals surface area contributed by atoms with Crippen molar-refractivity contribution in [2.75, 3.05) is 18.0 Å². The van der Waals surface area contributed by atoms with Crippen molar-refractivity contribution >= 4 is 11.6 Å². The number of hydrogen-bond donors (Lipinski definition) is 2. The summed E-state index contributed by atoms with van der Waals surface area (Å²) in [5, 5.41) is 2.98. The van der Waals surface area contributed by atoms with E-state index in [1.165, 1.54) is 11.3 Å². The van der Waals surface area contributed by atoms with E-state index in [2.05, 4.69) is 22.3 Å². The second-order valence-electron chi connectivity index (χ2n) is 4.98. The Kier molecular flexibility index (Phi) is 3.87. The predicted octanol–water partition coefficient (Wildman–Crippen LogP) is 1.42. The van der Waals surface area contributed by atoms with Crippen molar-refractivity contribution in [1.82, 2.24) is 5.32 Å². The van der Waals surface area contributed by atoms with Crippen LogP contribution in [0.3, 0.4) is 0 Å². The van der Waals surface area contributed by atoms with Crippen molar-refractivity contribution in [3.8, 4) is 0 Å². The first-order valence-electron chi connectivity index (χ1n) is 6.44. The molecule has 1 fully saturated rings. The molecular weight excluding hydrogens is 226 g/mol. The van der Waals surface area contributed by atoms with Crippen LogP contribution >= 0.6 is 0 Å². The SMILES string of the molecule is CC(=O)NC1CCN(c2ccccc2[C@H](C)N)C1. The highest BCUT2D eigenvalue weighted by molar-refractivity contribution is 5.73. The molecule has 1 aliphatic rings. The monoisotopic (exact) mass is 247 g/mol. The van der Waals surface area contributed by atoms with Crippen LogP contribution in [0.1, 0.15) is 31.9 Å². The van der Waals surface area contributed by atoms with Crippen LogP contribution < -0.4 is 16.0 Å². The van der Waals surface area contributed by atoms with Crippen molar-refractivity contribution in [3.05, 3.63) is 29.8 Å². The van der Waals surface area contributed by atoms with Crippen LogP contribution in [0.2, 0.25) is 0 Å². The van der Waals surface area contributed by atoms with E-state index in [0.29, 0.717) is 0 Å². The first kappa shape index (κ1) is 12.9. The molecule has 2 atom stereocenters. The first-order chi connectivity index (χ1) is 8.58. The Morgan fingerprint density at radius 3 is 2.89 bits per heavy atom. The standard InChI is InChI=1S/C14H21N3O/c1-10(15)13-5-3-4-6-14(13)17-8-7-12(9-17)16-11(2)18/h3-6,10,12H,7-9,15H2,1-2H3,(H,16,18)/t10-,12?/m0/s1. The van der Waals surface area contributed by atoms with Crippen LogP contribution in [0.15, 0.2) is 24.3 Å². The van der Waals surface area contributed by atoms with Crippen LogP contribution in [-0.4, -0.2) is 25.0 Å². The van der Waals surface area contributed by atoms with E-state index < -0.39 is 0 Å². The van der Waals surface area contributed by atoms with E-state index in [9.17, 15) is 4.79 Å². The Labute approximate surface area is 108 Å². The molecule has 0 aliphatic carbocycles. The molecule has 0 radical (unpaired) electrons. The highest BCUT2D eigenvalue weighted by Gasteiger charge is 2.24. The number of carbonyl (C=O) groups excluding carboxylic acids is 1. The van der Waals surface area contributed by atoms with Gasteiger partial charge in [0, 0.05) is 37.8 Å². The number of nitrogens with one attached hydrogen (secondary N) is 1. The summed E-state index contributed by atoms with van der Waals surface area (Å²) in [5.74, 6) is 0.0438. The van der Waals surface area contributed by atoms with Crippen LogP contribution in [0, 0.1) is 0 Å². The topological polar surface area (TPSA) is 58.4 Å². The minimum absolute atomic E-state index is 0.0287. The summed E-state index contributed by atoms with van der Waals surface area (Å²) in [6.45, 7) is 5.40. The minimum atomic E-state index is 0.0287. The maximum Gasteiger partial charge on any atom is 0.217 e. The lowest BCUT2D eigenvalue weighted by molar-refractivity contribution is -0.119. The number of benzene rings is 1. The van der Waals surface area contributed by atoms with E-state index >= 15 is 0 Å². The molecule has 18 heavy (non-hydrogen) atoms. The van der Waals surface area contributed by atoms with Gasteiger partial charge in [-0.3, -0.25) is 4.79 Å². The minimum Gasteiger partial charge on any atom is -0.369 e. The molecule has 4 heteroatoms. The largest absolute Gasteiger partial charge is 0.369 e. The quantitative estimate of drug-likeness (QED) is 0.849. The third-order valence-corrected chi connectivity index (χ3v) is 3.36. The van der Waals surface area contributed by atoms with E-state index in [-0.39, 0.29) is 18.0 Å². The van der Waals surface area contributed by atoms with E-state index in [0.717, 1.165) is 19.5 Å². The Morgan fingerprint density at radius 1 is 1.50 bits per heavy atom. The Balaban J connectivity index is 2.12. The Bertz CT molecular complexity index is 431. The van der Waals surface area contributed by atoms with E-state index in [1.54, 1.807) is 6.92 Å². The maximum atomic E-state index is 11.1. The molecule has 3 N–H and O–H groups in total. The zero-order valence-corrected chi connectivity index (χ0v) is 11.0. The summed E-state index contributed by atoms with van der Waals surface area (Å²) in [7, 11) is 0. The smallest absolute Gasteiger partial charge is 0.217 e. The average Bonchev–Trinajstić information content (AvgIpc) is 2.76. The molecule has 1 aromatic rings. The number of carbonyl (C=O) groups is 1. The normalized spacial score (nSPS) is 20.8. The third kappa shape index (κ3) is 2.82. The van der Waals surface area contributed by atoms with Gasteiger partial charge in [0.2, 0.25) is 5.91 Å². The number of hydrogen-bond acceptors (Lipinski definition) is 3. The lowest BCUT2D eigenvalue weighted by Gasteiger charge is -2.23. The van der Waals surface area contributed by atoms with Crippen molar-refractivity contribution < 1.29 is 4.79 Å². The van der Waals surface area contributed by atoms with Crippen molar-refractivity contribution in [1.29, 1.82) is 0 Å². The zero-order valence-electron chi connectivity index (χ0n) is 11.0. The van der Waals surface area contributed by atoms with Gasteiger partial charge in [0.25, 0.3) is 0 Å². The molecule has 98 valence electrons. The predicted molar refractivity (Wildman–Crippen MR) is 73.5 cm³/mol. The molecule has 0 spiro atoms. The average molecular weight is 247 g/mol. The van der Waals surface area contributed by atoms with Gasteiger partial charge in [0.1, 0.15) is 0 Å². The Morgan fingerprint density at radius 2 is 2.22 bits per heavy atom. The number of nitrogens with zero attached hydrogens (tertiary/aromatic N) is 1. The summed E-state index contributed by atoms with van der Waals surface area (Å²) >= 11 is 0. The van der Waals surface area contributed by atoms with E-state index in [4.69, 9.17) is 5.73 Å². The summed E-state index contributed by atoms with van der Waals surface area (Å²) in [6, 6.07) is 8.52. The van der Waals surface area contributed by atoms with Gasteiger partial charge in [-0.1, -0.05) is 18.2 Å². The molecule has 4 nitrogen and oxygen atoms in total. The summed E-state index contributed by atoms with van der Waals surface area (Å²) in [5.41, 5.74) is 8.36. The molecule has 0 aromatic heterocycles. The number of para-hydroxylation sites is 1. The van der Waals surface area contributed by atoms with Crippen LogP contribution in [0.25, 0.3) is 0 Å². The fourth-order valence-electron chi connectivity index (χ4n) is 2.54.